The predicted molar refractivity (Wildman–Crippen MR) is 128 cm³/mol. The maximum Gasteiger partial charge on any atom is 0.267 e. The zero-order chi connectivity index (χ0) is 23.5. The number of nitrogens with one attached hydrogen (secondary N) is 3. The number of nitrogens with zero attached hydrogens (tertiary/aromatic N) is 3. The van der Waals surface area contributed by atoms with Crippen molar-refractivity contribution in [3.8, 4) is 0 Å². The largest absolute Gasteiger partial charge is 0.349 e. The van der Waals surface area contributed by atoms with Crippen LogP contribution in [-0.4, -0.2) is 51.9 Å². The molecular formula is C23H22N6O3S. The van der Waals surface area contributed by atoms with Crippen molar-refractivity contribution in [1.29, 1.82) is 0 Å². The van der Waals surface area contributed by atoms with E-state index in [1.807, 2.05) is 19.1 Å². The van der Waals surface area contributed by atoms with E-state index in [1.165, 1.54) is 11.1 Å². The molecule has 0 aliphatic heterocycles. The van der Waals surface area contributed by atoms with Crippen molar-refractivity contribution in [3.63, 3.8) is 0 Å². The number of aromatic nitrogens is 3. The minimum Gasteiger partial charge on any atom is -0.349 e. The number of anilines is 2. The van der Waals surface area contributed by atoms with E-state index in [0.717, 1.165) is 33.4 Å². The smallest absolute Gasteiger partial charge is 0.267 e. The molecule has 10 heteroatoms. The number of likely N-dealkylation sites (N-methyl/N-ethyl adjacent to an activating group) is 1. The summed E-state index contributed by atoms with van der Waals surface area (Å²) in [6.45, 7) is 1.90. The van der Waals surface area contributed by atoms with Crippen LogP contribution >= 0.6 is 11.3 Å². The number of fused-ring (bicyclic) bond motifs is 1. The topological polar surface area (TPSA) is 120 Å². The molecule has 0 radical (unpaired) electrons. The number of thiazole rings is 1. The Morgan fingerprint density at radius 1 is 1.06 bits per heavy atom. The third-order valence-electron chi connectivity index (χ3n) is 5.06. The number of hydrogen-bond donors (Lipinski definition) is 3. The molecule has 0 saturated heterocycles. The molecule has 9 nitrogen and oxygen atoms in total. The first-order chi connectivity index (χ1) is 15.8. The normalized spacial score (nSPS) is 10.8. The third kappa shape index (κ3) is 4.90. The second-order valence-electron chi connectivity index (χ2n) is 7.69. The second-order valence-corrected chi connectivity index (χ2v) is 8.72. The standard InChI is InChI=1S/C23H22N6O3S/c1-13-7-8-17-16(11-25-28-17)20(13)26-22(32)18-12-24-23(33-18)27-21(31)15-6-4-5-14(9-15)10-19(30)29(2)3/h4-9,11-12H,10H2,1-3H3,(H,25,28)(H,26,32)(H,24,27,31). The van der Waals surface area contributed by atoms with Crippen molar-refractivity contribution < 1.29 is 14.4 Å². The van der Waals surface area contributed by atoms with Crippen LogP contribution < -0.4 is 10.6 Å². The number of hydrogen-bond acceptors (Lipinski definition) is 6. The molecule has 2 aromatic carbocycles. The molecule has 2 heterocycles. The number of carbonyl (C=O) groups excluding carboxylic acids is 3. The van der Waals surface area contributed by atoms with E-state index < -0.39 is 0 Å². The summed E-state index contributed by atoms with van der Waals surface area (Å²) in [5.74, 6) is -0.743. The van der Waals surface area contributed by atoms with Crippen LogP contribution in [0.4, 0.5) is 10.8 Å². The Kier molecular flexibility index (Phi) is 6.18. The van der Waals surface area contributed by atoms with Crippen LogP contribution in [0.25, 0.3) is 10.9 Å². The molecule has 0 unspecified atom stereocenters. The molecule has 168 valence electrons. The van der Waals surface area contributed by atoms with E-state index in [4.69, 9.17) is 0 Å². The van der Waals surface area contributed by atoms with E-state index in [-0.39, 0.29) is 24.1 Å². The summed E-state index contributed by atoms with van der Waals surface area (Å²) in [7, 11) is 3.37. The number of rotatable bonds is 6. The fourth-order valence-corrected chi connectivity index (χ4v) is 3.94. The maximum atomic E-state index is 12.8. The van der Waals surface area contributed by atoms with Gasteiger partial charge in [-0.3, -0.25) is 24.8 Å². The van der Waals surface area contributed by atoms with E-state index in [9.17, 15) is 14.4 Å². The van der Waals surface area contributed by atoms with Crippen LogP contribution in [0.3, 0.4) is 0 Å². The Balaban J connectivity index is 1.45. The Morgan fingerprint density at radius 2 is 1.88 bits per heavy atom. The van der Waals surface area contributed by atoms with Crippen LogP contribution in [-0.2, 0) is 11.2 Å². The molecule has 4 rings (SSSR count). The fourth-order valence-electron chi connectivity index (χ4n) is 3.23. The van der Waals surface area contributed by atoms with E-state index in [2.05, 4.69) is 25.8 Å². The molecule has 0 fully saturated rings. The van der Waals surface area contributed by atoms with E-state index in [1.54, 1.807) is 44.6 Å². The monoisotopic (exact) mass is 462 g/mol. The summed E-state index contributed by atoms with van der Waals surface area (Å²) >= 11 is 1.08. The number of amides is 3. The Labute approximate surface area is 193 Å². The minimum atomic E-state index is -0.366. The molecule has 0 spiro atoms. The van der Waals surface area contributed by atoms with Crippen molar-refractivity contribution in [2.75, 3.05) is 24.7 Å². The SMILES string of the molecule is Cc1ccc2[nH]ncc2c1NC(=O)c1cnc(NC(=O)c2cccc(CC(=O)N(C)C)c2)s1. The highest BCUT2D eigenvalue weighted by molar-refractivity contribution is 7.17. The van der Waals surface area contributed by atoms with Gasteiger partial charge in [0.2, 0.25) is 5.91 Å². The predicted octanol–water partition coefficient (Wildman–Crippen LogP) is 3.46. The van der Waals surface area contributed by atoms with Gasteiger partial charge in [-0.25, -0.2) is 4.98 Å². The van der Waals surface area contributed by atoms with Gasteiger partial charge < -0.3 is 10.2 Å². The fraction of sp³-hybridized carbons (Fsp3) is 0.174. The summed E-state index contributed by atoms with van der Waals surface area (Å²) in [5, 5.41) is 13.7. The lowest BCUT2D eigenvalue weighted by Crippen LogP contribution is -2.23. The van der Waals surface area contributed by atoms with Crippen LogP contribution in [0.5, 0.6) is 0 Å². The van der Waals surface area contributed by atoms with E-state index in [0.29, 0.717) is 21.3 Å². The molecular weight excluding hydrogens is 440 g/mol. The number of aryl methyl sites for hydroxylation is 1. The van der Waals surface area contributed by atoms with Crippen LogP contribution in [0, 0.1) is 6.92 Å². The summed E-state index contributed by atoms with van der Waals surface area (Å²) in [4.78, 5) is 43.4. The number of H-pyrrole nitrogens is 1. The molecule has 0 aliphatic rings. The van der Waals surface area contributed by atoms with Crippen LogP contribution in [0.1, 0.15) is 31.2 Å². The van der Waals surface area contributed by atoms with Crippen LogP contribution in [0.2, 0.25) is 0 Å². The highest BCUT2D eigenvalue weighted by atomic mass is 32.1. The first-order valence-corrected chi connectivity index (χ1v) is 10.9. The van der Waals surface area contributed by atoms with Crippen molar-refractivity contribution in [3.05, 3.63) is 70.4 Å². The maximum absolute atomic E-state index is 12.8. The van der Waals surface area contributed by atoms with Gasteiger partial charge in [0.05, 0.1) is 30.0 Å². The molecule has 0 atom stereocenters. The van der Waals surface area contributed by atoms with Gasteiger partial charge in [-0.2, -0.15) is 5.10 Å². The molecule has 0 aliphatic carbocycles. The highest BCUT2D eigenvalue weighted by Gasteiger charge is 2.16. The average molecular weight is 463 g/mol. The van der Waals surface area contributed by atoms with Gasteiger partial charge in [-0.1, -0.05) is 29.5 Å². The second kappa shape index (κ2) is 9.21. The lowest BCUT2D eigenvalue weighted by molar-refractivity contribution is -0.127. The van der Waals surface area contributed by atoms with Gasteiger partial charge in [0, 0.05) is 25.0 Å². The van der Waals surface area contributed by atoms with Gasteiger partial charge in [0.25, 0.3) is 11.8 Å². The molecule has 33 heavy (non-hydrogen) atoms. The summed E-state index contributed by atoms with van der Waals surface area (Å²) < 4.78 is 0. The van der Waals surface area contributed by atoms with Gasteiger partial charge in [-0.15, -0.1) is 0 Å². The summed E-state index contributed by atoms with van der Waals surface area (Å²) in [6, 6.07) is 10.7. The first kappa shape index (κ1) is 22.2. The van der Waals surface area contributed by atoms with Crippen molar-refractivity contribution in [2.45, 2.75) is 13.3 Å². The zero-order valence-corrected chi connectivity index (χ0v) is 19.1. The Bertz CT molecular complexity index is 1360. The number of carbonyl (C=O) groups is 3. The lowest BCUT2D eigenvalue weighted by atomic mass is 10.1. The number of benzene rings is 2. The van der Waals surface area contributed by atoms with Gasteiger partial charge in [-0.05, 0) is 36.2 Å². The quantitative estimate of drug-likeness (QED) is 0.405. The number of aromatic amines is 1. The van der Waals surface area contributed by atoms with Gasteiger partial charge >= 0.3 is 0 Å². The van der Waals surface area contributed by atoms with Crippen molar-refractivity contribution in [1.82, 2.24) is 20.1 Å². The third-order valence-corrected chi connectivity index (χ3v) is 5.98. The lowest BCUT2D eigenvalue weighted by Gasteiger charge is -2.10. The Morgan fingerprint density at radius 3 is 2.67 bits per heavy atom. The summed E-state index contributed by atoms with van der Waals surface area (Å²) in [5.41, 5.74) is 3.55. The first-order valence-electron chi connectivity index (χ1n) is 10.1. The van der Waals surface area contributed by atoms with Crippen molar-refractivity contribution >= 4 is 50.8 Å². The molecule has 4 aromatic rings. The molecule has 2 aromatic heterocycles. The Hall–Kier alpha value is -4.05. The van der Waals surface area contributed by atoms with Crippen LogP contribution in [0.15, 0.2) is 48.8 Å². The summed E-state index contributed by atoms with van der Waals surface area (Å²) in [6.07, 6.45) is 3.29. The minimum absolute atomic E-state index is 0.0514. The highest BCUT2D eigenvalue weighted by Crippen LogP contribution is 2.27. The van der Waals surface area contributed by atoms with Gasteiger partial charge in [0.15, 0.2) is 5.13 Å². The van der Waals surface area contributed by atoms with E-state index >= 15 is 0 Å². The van der Waals surface area contributed by atoms with Crippen molar-refractivity contribution in [2.24, 2.45) is 0 Å². The molecule has 3 amide bonds. The molecule has 3 N–H and O–H groups in total. The molecule has 0 saturated carbocycles. The van der Waals surface area contributed by atoms with Gasteiger partial charge in [0.1, 0.15) is 4.88 Å². The molecule has 0 bridgehead atoms. The zero-order valence-electron chi connectivity index (χ0n) is 18.3. The average Bonchev–Trinajstić information content (AvgIpc) is 3.45.